The molecular formula is C21H26N4O3. The van der Waals surface area contributed by atoms with E-state index in [4.69, 9.17) is 10.5 Å². The highest BCUT2D eigenvalue weighted by Crippen LogP contribution is 2.29. The third kappa shape index (κ3) is 4.94. The van der Waals surface area contributed by atoms with E-state index in [1.54, 1.807) is 19.2 Å². The van der Waals surface area contributed by atoms with Crippen LogP contribution in [0.25, 0.3) is 0 Å². The average Bonchev–Trinajstić information content (AvgIpc) is 2.73. The zero-order valence-corrected chi connectivity index (χ0v) is 16.0. The number of nitrogens with two attached hydrogens (primary N) is 1. The molecule has 0 bridgehead atoms. The molecule has 0 aliphatic carbocycles. The second kappa shape index (κ2) is 9.12. The van der Waals surface area contributed by atoms with Crippen molar-refractivity contribution < 1.29 is 14.3 Å². The standard InChI is InChI=1S/C21H26N4O3/c1-28-17-8-5-15(6-9-17)14-23-21(27)24-18-13-16(20(22)26)7-10-19(18)25-11-3-2-4-12-25/h5-10,13H,2-4,11-12,14H2,1H3,(H2,22,26)(H2,23,24,27). The highest BCUT2D eigenvalue weighted by Gasteiger charge is 2.17. The summed E-state index contributed by atoms with van der Waals surface area (Å²) in [5, 5.41) is 5.71. The Hall–Kier alpha value is -3.22. The molecule has 0 atom stereocenters. The van der Waals surface area contributed by atoms with Crippen molar-refractivity contribution in [1.82, 2.24) is 5.32 Å². The van der Waals surface area contributed by atoms with Gasteiger partial charge in [-0.15, -0.1) is 0 Å². The highest BCUT2D eigenvalue weighted by molar-refractivity contribution is 5.98. The van der Waals surface area contributed by atoms with Gasteiger partial charge in [-0.25, -0.2) is 4.79 Å². The molecule has 28 heavy (non-hydrogen) atoms. The fourth-order valence-corrected chi connectivity index (χ4v) is 3.29. The van der Waals surface area contributed by atoms with Gasteiger partial charge in [-0.05, 0) is 55.2 Å². The molecule has 4 N–H and O–H groups in total. The number of piperidine rings is 1. The number of methoxy groups -OCH3 is 1. The predicted octanol–water partition coefficient (Wildman–Crippen LogP) is 3.11. The first-order chi connectivity index (χ1) is 13.6. The number of nitrogens with zero attached hydrogens (tertiary/aromatic N) is 1. The highest BCUT2D eigenvalue weighted by atomic mass is 16.5. The first kappa shape index (κ1) is 19.5. The van der Waals surface area contributed by atoms with E-state index in [0.717, 1.165) is 42.9 Å². The van der Waals surface area contributed by atoms with E-state index in [9.17, 15) is 9.59 Å². The summed E-state index contributed by atoms with van der Waals surface area (Å²) in [5.41, 5.74) is 8.23. The number of rotatable bonds is 6. The molecule has 0 unspecified atom stereocenters. The second-order valence-corrected chi connectivity index (χ2v) is 6.80. The number of nitrogens with one attached hydrogen (secondary N) is 2. The van der Waals surface area contributed by atoms with Crippen LogP contribution >= 0.6 is 0 Å². The fraction of sp³-hybridized carbons (Fsp3) is 0.333. The molecule has 7 heteroatoms. The van der Waals surface area contributed by atoms with Gasteiger partial charge in [0.15, 0.2) is 0 Å². The average molecular weight is 382 g/mol. The van der Waals surface area contributed by atoms with Crippen LogP contribution in [-0.4, -0.2) is 32.1 Å². The van der Waals surface area contributed by atoms with Crippen LogP contribution in [0.4, 0.5) is 16.2 Å². The predicted molar refractivity (Wildman–Crippen MR) is 110 cm³/mol. The number of hydrogen-bond acceptors (Lipinski definition) is 4. The number of anilines is 2. The Kier molecular flexibility index (Phi) is 6.37. The van der Waals surface area contributed by atoms with Crippen molar-refractivity contribution in [2.45, 2.75) is 25.8 Å². The number of ether oxygens (including phenoxy) is 1. The minimum absolute atomic E-state index is 0.337. The summed E-state index contributed by atoms with van der Waals surface area (Å²) >= 11 is 0. The summed E-state index contributed by atoms with van der Waals surface area (Å²) in [6.45, 7) is 2.24. The lowest BCUT2D eigenvalue weighted by Crippen LogP contribution is -2.32. The van der Waals surface area contributed by atoms with Crippen LogP contribution in [0.15, 0.2) is 42.5 Å². The molecule has 0 aromatic heterocycles. The molecule has 7 nitrogen and oxygen atoms in total. The fourth-order valence-electron chi connectivity index (χ4n) is 3.29. The van der Waals surface area contributed by atoms with Crippen molar-refractivity contribution in [2.24, 2.45) is 5.73 Å². The quantitative estimate of drug-likeness (QED) is 0.715. The third-order valence-corrected chi connectivity index (χ3v) is 4.84. The Labute approximate surface area is 164 Å². The molecule has 0 saturated carbocycles. The van der Waals surface area contributed by atoms with Crippen molar-refractivity contribution in [2.75, 3.05) is 30.4 Å². The van der Waals surface area contributed by atoms with Crippen LogP contribution in [0.3, 0.4) is 0 Å². The van der Waals surface area contributed by atoms with Crippen molar-refractivity contribution in [3.8, 4) is 5.75 Å². The molecule has 0 spiro atoms. The van der Waals surface area contributed by atoms with E-state index in [1.807, 2.05) is 30.3 Å². The zero-order chi connectivity index (χ0) is 19.9. The lowest BCUT2D eigenvalue weighted by molar-refractivity contribution is 0.100. The maximum atomic E-state index is 12.4. The van der Waals surface area contributed by atoms with Gasteiger partial charge < -0.3 is 26.0 Å². The van der Waals surface area contributed by atoms with Gasteiger partial charge in [0, 0.05) is 25.2 Å². The normalized spacial score (nSPS) is 13.7. The Bertz CT molecular complexity index is 830. The van der Waals surface area contributed by atoms with E-state index in [1.165, 1.54) is 6.42 Å². The third-order valence-electron chi connectivity index (χ3n) is 4.84. The van der Waals surface area contributed by atoms with Crippen molar-refractivity contribution in [1.29, 1.82) is 0 Å². The SMILES string of the molecule is COc1ccc(CNC(=O)Nc2cc(C(N)=O)ccc2N2CCCCC2)cc1. The molecule has 3 rings (SSSR count). The van der Waals surface area contributed by atoms with Gasteiger partial charge >= 0.3 is 6.03 Å². The number of carbonyl (C=O) groups excluding carboxylic acids is 2. The van der Waals surface area contributed by atoms with Crippen molar-refractivity contribution >= 4 is 23.3 Å². The molecule has 3 amide bonds. The van der Waals surface area contributed by atoms with Crippen LogP contribution in [0.2, 0.25) is 0 Å². The number of amides is 3. The molecule has 2 aromatic carbocycles. The maximum Gasteiger partial charge on any atom is 0.319 e. The Morgan fingerprint density at radius 1 is 1.07 bits per heavy atom. The van der Waals surface area contributed by atoms with Crippen LogP contribution < -0.4 is 26.0 Å². The van der Waals surface area contributed by atoms with Gasteiger partial charge in [-0.1, -0.05) is 12.1 Å². The second-order valence-electron chi connectivity index (χ2n) is 6.80. The van der Waals surface area contributed by atoms with Gasteiger partial charge in [0.25, 0.3) is 0 Å². The largest absolute Gasteiger partial charge is 0.497 e. The summed E-state index contributed by atoms with van der Waals surface area (Å²) in [6, 6.07) is 12.3. The van der Waals surface area contributed by atoms with Gasteiger partial charge in [0.05, 0.1) is 18.5 Å². The van der Waals surface area contributed by atoms with E-state index in [-0.39, 0.29) is 6.03 Å². The van der Waals surface area contributed by atoms with E-state index >= 15 is 0 Å². The molecule has 1 aliphatic heterocycles. The molecule has 1 aliphatic rings. The van der Waals surface area contributed by atoms with Crippen LogP contribution in [-0.2, 0) is 6.54 Å². The minimum atomic E-state index is -0.521. The number of primary amides is 1. The number of carbonyl (C=O) groups is 2. The van der Waals surface area contributed by atoms with E-state index in [2.05, 4.69) is 15.5 Å². The van der Waals surface area contributed by atoms with Crippen LogP contribution in [0.1, 0.15) is 35.2 Å². The monoisotopic (exact) mass is 382 g/mol. The van der Waals surface area contributed by atoms with Crippen LogP contribution in [0, 0.1) is 0 Å². The minimum Gasteiger partial charge on any atom is -0.497 e. The van der Waals surface area contributed by atoms with E-state index in [0.29, 0.717) is 17.8 Å². The van der Waals surface area contributed by atoms with Gasteiger partial charge in [0.2, 0.25) is 5.91 Å². The first-order valence-corrected chi connectivity index (χ1v) is 9.43. The molecule has 1 saturated heterocycles. The summed E-state index contributed by atoms with van der Waals surface area (Å²) in [4.78, 5) is 26.2. The topological polar surface area (TPSA) is 96.7 Å². The Morgan fingerprint density at radius 3 is 2.43 bits per heavy atom. The number of urea groups is 1. The Balaban J connectivity index is 1.70. The smallest absolute Gasteiger partial charge is 0.319 e. The molecule has 1 heterocycles. The van der Waals surface area contributed by atoms with Crippen molar-refractivity contribution in [3.05, 3.63) is 53.6 Å². The Morgan fingerprint density at radius 2 is 1.79 bits per heavy atom. The molecule has 1 fully saturated rings. The number of benzene rings is 2. The summed E-state index contributed by atoms with van der Waals surface area (Å²) < 4.78 is 5.13. The molecule has 0 radical (unpaired) electrons. The van der Waals surface area contributed by atoms with Crippen molar-refractivity contribution in [3.63, 3.8) is 0 Å². The molecular weight excluding hydrogens is 356 g/mol. The van der Waals surface area contributed by atoms with Gasteiger partial charge in [0.1, 0.15) is 5.75 Å². The summed E-state index contributed by atoms with van der Waals surface area (Å²) in [5.74, 6) is 0.245. The van der Waals surface area contributed by atoms with Crippen LogP contribution in [0.5, 0.6) is 5.75 Å². The van der Waals surface area contributed by atoms with Gasteiger partial charge in [-0.2, -0.15) is 0 Å². The number of hydrogen-bond donors (Lipinski definition) is 3. The van der Waals surface area contributed by atoms with Gasteiger partial charge in [-0.3, -0.25) is 4.79 Å². The molecule has 2 aromatic rings. The lowest BCUT2D eigenvalue weighted by atomic mass is 10.1. The summed E-state index contributed by atoms with van der Waals surface area (Å²) in [7, 11) is 1.61. The first-order valence-electron chi connectivity index (χ1n) is 9.43. The summed E-state index contributed by atoms with van der Waals surface area (Å²) in [6.07, 6.45) is 3.43. The maximum absolute atomic E-state index is 12.4. The van der Waals surface area contributed by atoms with E-state index < -0.39 is 5.91 Å². The zero-order valence-electron chi connectivity index (χ0n) is 16.0. The molecule has 148 valence electrons. The lowest BCUT2D eigenvalue weighted by Gasteiger charge is -2.30.